The number of rotatable bonds is 4. The first-order valence-corrected chi connectivity index (χ1v) is 7.07. The van der Waals surface area contributed by atoms with Crippen LogP contribution in [0.5, 0.6) is 0 Å². The van der Waals surface area contributed by atoms with Gasteiger partial charge in [0.1, 0.15) is 0 Å². The largest absolute Gasteiger partial charge is 0.478 e. The summed E-state index contributed by atoms with van der Waals surface area (Å²) in [6.07, 6.45) is 0. The van der Waals surface area contributed by atoms with Crippen LogP contribution >= 0.6 is 15.9 Å². The fourth-order valence-corrected chi connectivity index (χ4v) is 3.55. The van der Waals surface area contributed by atoms with Crippen molar-refractivity contribution in [1.82, 2.24) is 4.72 Å². The molecule has 7 heteroatoms. The maximum absolute atomic E-state index is 11.9. The molecule has 0 saturated carbocycles. The molecule has 17 heavy (non-hydrogen) atoms. The molecule has 0 fully saturated rings. The number of carbonyl (C=O) groups is 1. The molecule has 0 heterocycles. The van der Waals surface area contributed by atoms with E-state index < -0.39 is 16.0 Å². The minimum absolute atomic E-state index is 0.0243. The fourth-order valence-electron chi connectivity index (χ4n) is 1.23. The third-order valence-electron chi connectivity index (χ3n) is 1.86. The molecule has 0 amide bonds. The van der Waals surface area contributed by atoms with Gasteiger partial charge >= 0.3 is 5.97 Å². The second-order valence-corrected chi connectivity index (χ2v) is 6.26. The lowest BCUT2D eigenvalue weighted by Crippen LogP contribution is -2.30. The van der Waals surface area contributed by atoms with Crippen molar-refractivity contribution in [2.24, 2.45) is 0 Å². The van der Waals surface area contributed by atoms with Crippen LogP contribution in [-0.4, -0.2) is 25.5 Å². The number of halogens is 1. The average molecular weight is 322 g/mol. The van der Waals surface area contributed by atoms with Crippen LogP contribution in [0.2, 0.25) is 0 Å². The summed E-state index contributed by atoms with van der Waals surface area (Å²) in [6, 6.07) is 3.54. The molecule has 1 aromatic carbocycles. The van der Waals surface area contributed by atoms with Crippen molar-refractivity contribution >= 4 is 31.9 Å². The van der Waals surface area contributed by atoms with Crippen LogP contribution < -0.4 is 4.72 Å². The average Bonchev–Trinajstić information content (AvgIpc) is 2.14. The summed E-state index contributed by atoms with van der Waals surface area (Å²) in [7, 11) is -3.62. The first kappa shape index (κ1) is 14.1. The standard InChI is InChI=1S/C10H12BrNO4S/c1-6(2)12-17(15,16)9-4-3-7(10(13)14)5-8(9)11/h3-6,12H,1-2H3,(H,13,14). The molecule has 0 aliphatic carbocycles. The molecule has 0 unspecified atom stereocenters. The number of benzene rings is 1. The van der Waals surface area contributed by atoms with Gasteiger partial charge in [0.15, 0.2) is 0 Å². The van der Waals surface area contributed by atoms with E-state index in [2.05, 4.69) is 20.7 Å². The van der Waals surface area contributed by atoms with Gasteiger partial charge in [-0.15, -0.1) is 0 Å². The number of hydrogen-bond donors (Lipinski definition) is 2. The Balaban J connectivity index is 3.21. The van der Waals surface area contributed by atoms with Gasteiger partial charge in [-0.05, 0) is 48.0 Å². The lowest BCUT2D eigenvalue weighted by molar-refractivity contribution is 0.0696. The Morgan fingerprint density at radius 2 is 2.00 bits per heavy atom. The van der Waals surface area contributed by atoms with Crippen LogP contribution in [0.3, 0.4) is 0 Å². The summed E-state index contributed by atoms with van der Waals surface area (Å²) >= 11 is 3.06. The normalized spacial score (nSPS) is 11.8. The molecule has 1 rings (SSSR count). The van der Waals surface area contributed by atoms with E-state index >= 15 is 0 Å². The maximum atomic E-state index is 11.9. The van der Waals surface area contributed by atoms with Gasteiger partial charge in [-0.3, -0.25) is 0 Å². The minimum atomic E-state index is -3.62. The maximum Gasteiger partial charge on any atom is 0.335 e. The van der Waals surface area contributed by atoms with Crippen molar-refractivity contribution in [3.63, 3.8) is 0 Å². The van der Waals surface area contributed by atoms with Gasteiger partial charge < -0.3 is 5.11 Å². The summed E-state index contributed by atoms with van der Waals surface area (Å²) in [6.45, 7) is 3.41. The topological polar surface area (TPSA) is 83.5 Å². The van der Waals surface area contributed by atoms with Gasteiger partial charge in [-0.25, -0.2) is 17.9 Å². The van der Waals surface area contributed by atoms with E-state index in [1.54, 1.807) is 13.8 Å². The smallest absolute Gasteiger partial charge is 0.335 e. The van der Waals surface area contributed by atoms with Gasteiger partial charge in [0.2, 0.25) is 10.0 Å². The van der Waals surface area contributed by atoms with Gasteiger partial charge in [-0.2, -0.15) is 0 Å². The summed E-state index contributed by atoms with van der Waals surface area (Å²) in [5.74, 6) is -1.11. The summed E-state index contributed by atoms with van der Waals surface area (Å²) in [5.41, 5.74) is 0.0281. The molecule has 94 valence electrons. The lowest BCUT2D eigenvalue weighted by atomic mass is 10.2. The summed E-state index contributed by atoms with van der Waals surface area (Å²) in [4.78, 5) is 10.7. The van der Waals surface area contributed by atoms with Crippen LogP contribution in [0.4, 0.5) is 0 Å². The van der Waals surface area contributed by atoms with Crippen LogP contribution in [0.25, 0.3) is 0 Å². The van der Waals surface area contributed by atoms with Crippen molar-refractivity contribution in [2.45, 2.75) is 24.8 Å². The highest BCUT2D eigenvalue weighted by molar-refractivity contribution is 9.10. The molecule has 0 aromatic heterocycles. The van der Waals surface area contributed by atoms with E-state index in [4.69, 9.17) is 5.11 Å². The van der Waals surface area contributed by atoms with E-state index in [1.807, 2.05) is 0 Å². The number of aromatic carboxylic acids is 1. The Labute approximate surface area is 108 Å². The van der Waals surface area contributed by atoms with Gasteiger partial charge in [0.25, 0.3) is 0 Å². The summed E-state index contributed by atoms with van der Waals surface area (Å²) < 4.78 is 26.4. The van der Waals surface area contributed by atoms with Crippen molar-refractivity contribution in [3.8, 4) is 0 Å². The van der Waals surface area contributed by atoms with Crippen LogP contribution in [-0.2, 0) is 10.0 Å². The van der Waals surface area contributed by atoms with E-state index in [1.165, 1.54) is 18.2 Å². The highest BCUT2D eigenvalue weighted by Gasteiger charge is 2.19. The molecule has 0 saturated heterocycles. The number of carboxylic acids is 1. The quantitative estimate of drug-likeness (QED) is 0.886. The molecule has 0 atom stereocenters. The third-order valence-corrected chi connectivity index (χ3v) is 4.49. The molecule has 0 aliphatic heterocycles. The monoisotopic (exact) mass is 321 g/mol. The predicted octanol–water partition coefficient (Wildman–Crippen LogP) is 1.83. The zero-order valence-corrected chi connectivity index (χ0v) is 11.7. The molecule has 0 radical (unpaired) electrons. The molecule has 2 N–H and O–H groups in total. The number of carboxylic acid groups (broad SMARTS) is 1. The van der Waals surface area contributed by atoms with Crippen LogP contribution in [0.15, 0.2) is 27.6 Å². The van der Waals surface area contributed by atoms with E-state index in [-0.39, 0.29) is 21.0 Å². The second kappa shape index (κ2) is 5.16. The van der Waals surface area contributed by atoms with Crippen LogP contribution in [0.1, 0.15) is 24.2 Å². The fraction of sp³-hybridized carbons (Fsp3) is 0.300. The Kier molecular flexibility index (Phi) is 4.29. The SMILES string of the molecule is CC(C)NS(=O)(=O)c1ccc(C(=O)O)cc1Br. The van der Waals surface area contributed by atoms with Crippen molar-refractivity contribution < 1.29 is 18.3 Å². The minimum Gasteiger partial charge on any atom is -0.478 e. The predicted molar refractivity (Wildman–Crippen MR) is 66.6 cm³/mol. The molecule has 0 bridgehead atoms. The Morgan fingerprint density at radius 1 is 1.41 bits per heavy atom. The van der Waals surface area contributed by atoms with Gasteiger partial charge in [0.05, 0.1) is 10.5 Å². The van der Waals surface area contributed by atoms with Gasteiger partial charge in [0, 0.05) is 10.5 Å². The molecular weight excluding hydrogens is 310 g/mol. The van der Waals surface area contributed by atoms with Crippen LogP contribution in [0, 0.1) is 0 Å². The first-order chi connectivity index (χ1) is 7.74. The number of nitrogens with one attached hydrogen (secondary N) is 1. The Hall–Kier alpha value is -0.920. The third kappa shape index (κ3) is 3.52. The van der Waals surface area contributed by atoms with Crippen molar-refractivity contribution in [3.05, 3.63) is 28.2 Å². The number of hydrogen-bond acceptors (Lipinski definition) is 3. The van der Waals surface area contributed by atoms with E-state index in [0.29, 0.717) is 0 Å². The highest BCUT2D eigenvalue weighted by Crippen LogP contribution is 2.23. The zero-order valence-electron chi connectivity index (χ0n) is 9.27. The molecular formula is C10H12BrNO4S. The number of sulfonamides is 1. The second-order valence-electron chi connectivity index (χ2n) is 3.73. The first-order valence-electron chi connectivity index (χ1n) is 4.79. The molecule has 0 spiro atoms. The Morgan fingerprint density at radius 3 is 2.41 bits per heavy atom. The molecule has 1 aromatic rings. The molecule has 5 nitrogen and oxygen atoms in total. The van der Waals surface area contributed by atoms with Crippen molar-refractivity contribution in [1.29, 1.82) is 0 Å². The zero-order chi connectivity index (χ0) is 13.2. The van der Waals surface area contributed by atoms with E-state index in [0.717, 1.165) is 0 Å². The lowest BCUT2D eigenvalue weighted by Gasteiger charge is -2.11. The Bertz CT molecular complexity index is 539. The summed E-state index contributed by atoms with van der Waals surface area (Å²) in [5, 5.41) is 8.76. The van der Waals surface area contributed by atoms with Gasteiger partial charge in [-0.1, -0.05) is 0 Å². The molecule has 0 aliphatic rings. The van der Waals surface area contributed by atoms with Crippen molar-refractivity contribution in [2.75, 3.05) is 0 Å². The van der Waals surface area contributed by atoms with E-state index in [9.17, 15) is 13.2 Å². The highest BCUT2D eigenvalue weighted by atomic mass is 79.9.